The highest BCUT2D eigenvalue weighted by Crippen LogP contribution is 2.42. The second-order valence-electron chi connectivity index (χ2n) is 7.12. The second kappa shape index (κ2) is 7.69. The quantitative estimate of drug-likeness (QED) is 0.215. The van der Waals surface area contributed by atoms with E-state index >= 15 is 0 Å². The van der Waals surface area contributed by atoms with Gasteiger partial charge in [-0.25, -0.2) is 0 Å². The predicted octanol–water partition coefficient (Wildman–Crippen LogP) is 5.38. The van der Waals surface area contributed by atoms with Gasteiger partial charge in [0.1, 0.15) is 0 Å². The fourth-order valence-electron chi connectivity index (χ4n) is 3.51. The van der Waals surface area contributed by atoms with Crippen LogP contribution in [0.15, 0.2) is 60.7 Å². The minimum Gasteiger partial charge on any atom is -0.375 e. The number of halogens is 6. The molecule has 0 aromatic heterocycles. The number of fused-ring (bicyclic) bond motifs is 2. The summed E-state index contributed by atoms with van der Waals surface area (Å²) < 4.78 is 105. The summed E-state index contributed by atoms with van der Waals surface area (Å²) in [5.74, 6) is -2.49. The van der Waals surface area contributed by atoms with Crippen molar-refractivity contribution in [2.75, 3.05) is 0 Å². The van der Waals surface area contributed by atoms with E-state index in [2.05, 4.69) is 4.18 Å². The van der Waals surface area contributed by atoms with Gasteiger partial charge in [-0.15, -0.1) is 0 Å². The lowest BCUT2D eigenvalue weighted by molar-refractivity contribution is -0.137. The van der Waals surface area contributed by atoms with Crippen molar-refractivity contribution in [2.24, 2.45) is 0 Å². The van der Waals surface area contributed by atoms with E-state index in [1.165, 1.54) is 24.3 Å². The lowest BCUT2D eigenvalue weighted by Crippen LogP contribution is -2.29. The van der Waals surface area contributed by atoms with Crippen molar-refractivity contribution in [3.63, 3.8) is 0 Å². The van der Waals surface area contributed by atoms with E-state index in [0.29, 0.717) is 12.1 Å². The van der Waals surface area contributed by atoms with Crippen LogP contribution in [-0.2, 0) is 16.3 Å². The summed E-state index contributed by atoms with van der Waals surface area (Å²) >= 11 is 0. The van der Waals surface area contributed by atoms with Crippen LogP contribution in [0.4, 0.5) is 26.3 Å². The highest BCUT2D eigenvalue weighted by atomic mass is 32.2. The first-order chi connectivity index (χ1) is 15.7. The van der Waals surface area contributed by atoms with Crippen LogP contribution in [0.25, 0.3) is 11.1 Å². The molecule has 0 radical (unpaired) electrons. The zero-order valence-electron chi connectivity index (χ0n) is 16.5. The van der Waals surface area contributed by atoms with Crippen molar-refractivity contribution in [1.29, 1.82) is 0 Å². The highest BCUT2D eigenvalue weighted by Gasteiger charge is 2.49. The molecular formula is C22H10F6O5S. The summed E-state index contributed by atoms with van der Waals surface area (Å²) in [7, 11) is -6.21. The number of hydrogen-bond acceptors (Lipinski definition) is 5. The third-order valence-electron chi connectivity index (χ3n) is 5.04. The fraction of sp³-hybridized carbons (Fsp3) is 0.0909. The van der Waals surface area contributed by atoms with E-state index in [0.717, 1.165) is 24.3 Å². The lowest BCUT2D eigenvalue weighted by atomic mass is 9.80. The highest BCUT2D eigenvalue weighted by molar-refractivity contribution is 7.88. The zero-order valence-corrected chi connectivity index (χ0v) is 17.3. The van der Waals surface area contributed by atoms with Crippen LogP contribution in [-0.4, -0.2) is 25.5 Å². The maximum Gasteiger partial charge on any atom is 0.534 e. The predicted molar refractivity (Wildman–Crippen MR) is 106 cm³/mol. The van der Waals surface area contributed by atoms with Crippen LogP contribution in [0.3, 0.4) is 0 Å². The number of hydrogen-bond donors (Lipinski definition) is 0. The van der Waals surface area contributed by atoms with E-state index in [4.69, 9.17) is 0 Å². The molecule has 0 N–H and O–H groups in total. The molecule has 0 saturated heterocycles. The van der Waals surface area contributed by atoms with Crippen LogP contribution in [0.5, 0.6) is 5.75 Å². The molecule has 5 nitrogen and oxygen atoms in total. The lowest BCUT2D eigenvalue weighted by Gasteiger charge is -2.23. The summed E-state index contributed by atoms with van der Waals surface area (Å²) in [4.78, 5) is 26.2. The molecule has 0 atom stereocenters. The van der Waals surface area contributed by atoms with Crippen LogP contribution >= 0.6 is 0 Å². The van der Waals surface area contributed by atoms with Crippen LogP contribution in [0.1, 0.15) is 37.4 Å². The van der Waals surface area contributed by atoms with Crippen molar-refractivity contribution in [3.8, 4) is 16.9 Å². The molecule has 176 valence electrons. The van der Waals surface area contributed by atoms with Gasteiger partial charge in [0.2, 0.25) is 0 Å². The third-order valence-corrected chi connectivity index (χ3v) is 6.00. The van der Waals surface area contributed by atoms with Gasteiger partial charge in [-0.2, -0.15) is 34.8 Å². The molecule has 3 aromatic carbocycles. The Labute approximate surface area is 187 Å². The standard InChI is InChI=1S/C22H10F6O5S/c23-21(24,25)12-7-5-11(6-8-12)17-16(33-34(31,32)22(26,27)28)10-9-15-18(17)20(30)14-4-2-1-3-13(14)19(15)29/h1-10H. The zero-order chi connectivity index (χ0) is 25.1. The Morgan fingerprint density at radius 2 is 1.21 bits per heavy atom. The van der Waals surface area contributed by atoms with Crippen LogP contribution < -0.4 is 4.18 Å². The van der Waals surface area contributed by atoms with E-state index in [1.807, 2.05) is 0 Å². The van der Waals surface area contributed by atoms with E-state index < -0.39 is 55.8 Å². The summed E-state index contributed by atoms with van der Waals surface area (Å²) in [5.41, 5.74) is -8.61. The van der Waals surface area contributed by atoms with Gasteiger partial charge < -0.3 is 4.18 Å². The second-order valence-corrected chi connectivity index (χ2v) is 8.66. The number of alkyl halides is 6. The minimum absolute atomic E-state index is 0.00921. The Morgan fingerprint density at radius 1 is 0.647 bits per heavy atom. The van der Waals surface area contributed by atoms with Gasteiger partial charge in [0.25, 0.3) is 0 Å². The van der Waals surface area contributed by atoms with Crippen LogP contribution in [0, 0.1) is 0 Å². The molecule has 0 spiro atoms. The molecule has 0 amide bonds. The van der Waals surface area contributed by atoms with Gasteiger partial charge in [0.05, 0.1) is 5.56 Å². The number of carbonyl (C=O) groups excluding carboxylic acids is 2. The molecule has 12 heteroatoms. The van der Waals surface area contributed by atoms with Crippen molar-refractivity contribution in [3.05, 3.63) is 88.5 Å². The molecule has 0 bridgehead atoms. The molecule has 0 heterocycles. The normalized spacial score (nSPS) is 13.9. The van der Waals surface area contributed by atoms with Gasteiger partial charge in [-0.1, -0.05) is 36.4 Å². The first-order valence-electron chi connectivity index (χ1n) is 9.26. The molecule has 3 aromatic rings. The number of ketones is 2. The maximum atomic E-state index is 13.2. The van der Waals surface area contributed by atoms with Crippen molar-refractivity contribution in [1.82, 2.24) is 0 Å². The Hall–Kier alpha value is -3.67. The average molecular weight is 500 g/mol. The Morgan fingerprint density at radius 3 is 1.74 bits per heavy atom. The minimum atomic E-state index is -6.21. The number of benzene rings is 3. The summed E-state index contributed by atoms with van der Waals surface area (Å²) in [6.45, 7) is 0. The largest absolute Gasteiger partial charge is 0.534 e. The van der Waals surface area contributed by atoms with Crippen molar-refractivity contribution in [2.45, 2.75) is 11.7 Å². The van der Waals surface area contributed by atoms with Crippen molar-refractivity contribution >= 4 is 21.7 Å². The molecule has 0 saturated carbocycles. The summed E-state index contributed by atoms with van der Waals surface area (Å²) in [6, 6.07) is 10.1. The van der Waals surface area contributed by atoms with Crippen molar-refractivity contribution < 1.29 is 48.5 Å². The average Bonchev–Trinajstić information content (AvgIpc) is 2.75. The molecule has 0 unspecified atom stereocenters. The first kappa shape index (κ1) is 23.5. The first-order valence-corrected chi connectivity index (χ1v) is 10.7. The topological polar surface area (TPSA) is 77.5 Å². The van der Waals surface area contributed by atoms with Crippen LogP contribution in [0.2, 0.25) is 0 Å². The Kier molecular flexibility index (Phi) is 5.31. The molecule has 4 rings (SSSR count). The summed E-state index contributed by atoms with van der Waals surface area (Å²) in [6.07, 6.45) is -4.74. The molecule has 0 fully saturated rings. The fourth-order valence-corrected chi connectivity index (χ4v) is 3.98. The number of carbonyl (C=O) groups is 2. The smallest absolute Gasteiger partial charge is 0.375 e. The van der Waals surface area contributed by atoms with Gasteiger partial charge in [-0.05, 0) is 29.8 Å². The maximum absolute atomic E-state index is 13.2. The molecular weight excluding hydrogens is 490 g/mol. The van der Waals surface area contributed by atoms with Gasteiger partial charge in [0.15, 0.2) is 17.3 Å². The third kappa shape index (κ3) is 3.83. The SMILES string of the molecule is O=C1c2ccccc2C(=O)c2c1ccc(OS(=O)(=O)C(F)(F)F)c2-c1ccc(C(F)(F)F)cc1. The number of rotatable bonds is 3. The van der Waals surface area contributed by atoms with E-state index in [1.54, 1.807) is 0 Å². The van der Waals surface area contributed by atoms with Gasteiger partial charge >= 0.3 is 21.8 Å². The molecule has 1 aliphatic rings. The van der Waals surface area contributed by atoms with E-state index in [-0.39, 0.29) is 22.3 Å². The van der Waals surface area contributed by atoms with Gasteiger partial charge in [0, 0.05) is 27.8 Å². The molecule has 0 aliphatic heterocycles. The van der Waals surface area contributed by atoms with Gasteiger partial charge in [-0.3, -0.25) is 9.59 Å². The summed E-state index contributed by atoms with van der Waals surface area (Å²) in [5, 5.41) is 0. The van der Waals surface area contributed by atoms with E-state index in [9.17, 15) is 44.3 Å². The molecule has 1 aliphatic carbocycles. The Balaban J connectivity index is 2.00. The Bertz CT molecular complexity index is 1440. The monoisotopic (exact) mass is 500 g/mol. The molecule has 34 heavy (non-hydrogen) atoms.